The smallest absolute Gasteiger partial charge is 0.279 e. The summed E-state index contributed by atoms with van der Waals surface area (Å²) in [6.07, 6.45) is 0. The minimum atomic E-state index is -0.320. The number of amides is 1. The molecule has 0 atom stereocenters. The molecule has 6 nitrogen and oxygen atoms in total. The topological polar surface area (TPSA) is 69.0 Å². The van der Waals surface area contributed by atoms with Crippen molar-refractivity contribution in [3.63, 3.8) is 0 Å². The van der Waals surface area contributed by atoms with Crippen molar-refractivity contribution in [2.45, 2.75) is 13.8 Å². The van der Waals surface area contributed by atoms with Crippen LogP contribution in [0.1, 0.15) is 21.1 Å². The van der Waals surface area contributed by atoms with Gasteiger partial charge in [-0.15, -0.1) is 11.3 Å². The predicted octanol–water partition coefficient (Wildman–Crippen LogP) is 2.52. The van der Waals surface area contributed by atoms with Crippen LogP contribution in [0.25, 0.3) is 0 Å². The van der Waals surface area contributed by atoms with Crippen molar-refractivity contribution in [3.8, 4) is 5.88 Å². The third-order valence-electron chi connectivity index (χ3n) is 2.60. The second kappa shape index (κ2) is 5.30. The quantitative estimate of drug-likeness (QED) is 0.928. The van der Waals surface area contributed by atoms with Crippen LogP contribution in [0, 0.1) is 13.8 Å². The summed E-state index contributed by atoms with van der Waals surface area (Å²) >= 11 is 4.75. The van der Waals surface area contributed by atoms with Crippen LogP contribution in [0.5, 0.6) is 5.88 Å². The number of aryl methyl sites for hydroxylation is 3. The molecule has 2 rings (SSSR count). The Hall–Kier alpha value is -1.41. The zero-order valence-electron chi connectivity index (χ0n) is 10.9. The fourth-order valence-corrected chi connectivity index (χ4v) is 3.02. The molecule has 1 amide bonds. The number of aromatic nitrogens is 3. The number of nitrogens with zero attached hydrogens (tertiary/aromatic N) is 3. The van der Waals surface area contributed by atoms with E-state index in [0.717, 1.165) is 10.6 Å². The van der Waals surface area contributed by atoms with Gasteiger partial charge < -0.3 is 4.74 Å². The Morgan fingerprint density at radius 1 is 1.47 bits per heavy atom. The van der Waals surface area contributed by atoms with Gasteiger partial charge in [0, 0.05) is 11.9 Å². The number of nitrogens with one attached hydrogen (secondary N) is 1. The summed E-state index contributed by atoms with van der Waals surface area (Å²) in [5.41, 5.74) is 1.18. The summed E-state index contributed by atoms with van der Waals surface area (Å²) in [6, 6.07) is 0. The average Bonchev–Trinajstić information content (AvgIpc) is 2.80. The van der Waals surface area contributed by atoms with Crippen LogP contribution in [-0.4, -0.2) is 27.8 Å². The molecule has 0 aliphatic carbocycles. The molecule has 0 bridgehead atoms. The number of hydrogen-bond donors (Lipinski definition) is 1. The monoisotopic (exact) mass is 344 g/mol. The van der Waals surface area contributed by atoms with Gasteiger partial charge in [0.05, 0.1) is 12.8 Å². The predicted molar refractivity (Wildman–Crippen MR) is 77.0 cm³/mol. The maximum Gasteiger partial charge on any atom is 0.279 e. The number of ether oxygens (including phenoxy) is 1. The highest BCUT2D eigenvalue weighted by Crippen LogP contribution is 2.29. The van der Waals surface area contributed by atoms with Crippen molar-refractivity contribution in [2.24, 2.45) is 7.05 Å². The molecule has 0 radical (unpaired) electrons. The number of rotatable bonds is 3. The Bertz CT molecular complexity index is 615. The highest BCUT2D eigenvalue weighted by Gasteiger charge is 2.21. The minimum Gasteiger partial charge on any atom is -0.480 e. The molecule has 0 saturated carbocycles. The van der Waals surface area contributed by atoms with Crippen LogP contribution in [0.3, 0.4) is 0 Å². The summed E-state index contributed by atoms with van der Waals surface area (Å²) in [5, 5.41) is 7.41. The van der Waals surface area contributed by atoms with E-state index < -0.39 is 0 Å². The molecule has 0 spiro atoms. The van der Waals surface area contributed by atoms with Crippen LogP contribution >= 0.6 is 27.3 Å². The lowest BCUT2D eigenvalue weighted by Crippen LogP contribution is -2.13. The first-order chi connectivity index (χ1) is 8.93. The van der Waals surface area contributed by atoms with Gasteiger partial charge in [-0.05, 0) is 29.8 Å². The first kappa shape index (κ1) is 14.0. The molecule has 2 aromatic heterocycles. The lowest BCUT2D eigenvalue weighted by atomic mass is 10.4. The summed E-state index contributed by atoms with van der Waals surface area (Å²) in [6.45, 7) is 3.86. The number of methoxy groups -OCH3 is 1. The van der Waals surface area contributed by atoms with Gasteiger partial charge in [-0.2, -0.15) is 5.10 Å². The highest BCUT2D eigenvalue weighted by atomic mass is 79.9. The van der Waals surface area contributed by atoms with E-state index >= 15 is 0 Å². The van der Waals surface area contributed by atoms with Gasteiger partial charge in [0.2, 0.25) is 5.88 Å². The zero-order chi connectivity index (χ0) is 14.2. The summed E-state index contributed by atoms with van der Waals surface area (Å²) in [7, 11) is 3.23. The summed E-state index contributed by atoms with van der Waals surface area (Å²) < 4.78 is 7.17. The molecule has 1 N–H and O–H groups in total. The van der Waals surface area contributed by atoms with E-state index in [2.05, 4.69) is 31.3 Å². The van der Waals surface area contributed by atoms with Gasteiger partial charge in [0.1, 0.15) is 4.47 Å². The van der Waals surface area contributed by atoms with Crippen LogP contribution in [0.15, 0.2) is 4.47 Å². The maximum atomic E-state index is 12.1. The Morgan fingerprint density at radius 2 is 2.16 bits per heavy atom. The van der Waals surface area contributed by atoms with E-state index in [-0.39, 0.29) is 11.6 Å². The number of carbonyl (C=O) groups is 1. The molecule has 0 aromatic carbocycles. The normalized spacial score (nSPS) is 10.6. The fraction of sp³-hybridized carbons (Fsp3) is 0.364. The van der Waals surface area contributed by atoms with Gasteiger partial charge in [-0.3, -0.25) is 10.1 Å². The summed E-state index contributed by atoms with van der Waals surface area (Å²) in [5.74, 6) is 0.177. The number of carbonyl (C=O) groups excluding carboxylic acids is 1. The third kappa shape index (κ3) is 2.64. The molecule has 2 aromatic rings. The molecule has 0 aliphatic rings. The Labute approximate surface area is 122 Å². The molecule has 19 heavy (non-hydrogen) atoms. The van der Waals surface area contributed by atoms with Crippen LogP contribution in [0.4, 0.5) is 5.13 Å². The Balaban J connectivity index is 2.25. The minimum absolute atomic E-state index is 0.268. The molecule has 102 valence electrons. The van der Waals surface area contributed by atoms with Crippen molar-refractivity contribution in [1.29, 1.82) is 0 Å². The van der Waals surface area contributed by atoms with Crippen molar-refractivity contribution in [3.05, 3.63) is 20.7 Å². The molecule has 2 heterocycles. The van der Waals surface area contributed by atoms with Crippen LogP contribution < -0.4 is 10.1 Å². The van der Waals surface area contributed by atoms with Gasteiger partial charge >= 0.3 is 0 Å². The van der Waals surface area contributed by atoms with E-state index in [4.69, 9.17) is 4.74 Å². The molecule has 8 heteroatoms. The van der Waals surface area contributed by atoms with Crippen molar-refractivity contribution in [2.75, 3.05) is 12.4 Å². The molecular formula is C11H13BrN4O2S. The summed E-state index contributed by atoms with van der Waals surface area (Å²) in [4.78, 5) is 17.5. The first-order valence-corrected chi connectivity index (χ1v) is 7.06. The number of halogens is 1. The molecular weight excluding hydrogens is 332 g/mol. The zero-order valence-corrected chi connectivity index (χ0v) is 13.3. The van der Waals surface area contributed by atoms with Gasteiger partial charge in [-0.1, -0.05) is 0 Å². The molecule has 0 aliphatic heterocycles. The largest absolute Gasteiger partial charge is 0.480 e. The van der Waals surface area contributed by atoms with Gasteiger partial charge in [0.25, 0.3) is 5.91 Å². The molecule has 0 saturated heterocycles. The fourth-order valence-electron chi connectivity index (χ4n) is 1.53. The van der Waals surface area contributed by atoms with E-state index in [1.807, 2.05) is 13.8 Å². The SMILES string of the molecule is COc1c(Br)c(C(=O)Nc2nc(C)c(C)s2)nn1C. The van der Waals surface area contributed by atoms with Gasteiger partial charge in [-0.25, -0.2) is 9.67 Å². The van der Waals surface area contributed by atoms with Crippen molar-refractivity contribution < 1.29 is 9.53 Å². The third-order valence-corrected chi connectivity index (χ3v) is 4.30. The Morgan fingerprint density at radius 3 is 2.63 bits per heavy atom. The lowest BCUT2D eigenvalue weighted by Gasteiger charge is -1.99. The van der Waals surface area contributed by atoms with E-state index in [1.54, 1.807) is 7.05 Å². The number of anilines is 1. The number of thiazole rings is 1. The Kier molecular flexibility index (Phi) is 3.91. The van der Waals surface area contributed by atoms with Crippen LogP contribution in [0.2, 0.25) is 0 Å². The van der Waals surface area contributed by atoms with E-state index in [1.165, 1.54) is 23.1 Å². The van der Waals surface area contributed by atoms with Crippen molar-refractivity contribution in [1.82, 2.24) is 14.8 Å². The van der Waals surface area contributed by atoms with E-state index in [9.17, 15) is 4.79 Å². The molecule has 0 unspecified atom stereocenters. The number of hydrogen-bond acceptors (Lipinski definition) is 5. The highest BCUT2D eigenvalue weighted by molar-refractivity contribution is 9.10. The molecule has 0 fully saturated rings. The van der Waals surface area contributed by atoms with Crippen molar-refractivity contribution >= 4 is 38.3 Å². The second-order valence-corrected chi connectivity index (χ2v) is 5.91. The van der Waals surface area contributed by atoms with Gasteiger partial charge in [0.15, 0.2) is 10.8 Å². The standard InChI is InChI=1S/C11H13BrN4O2S/c1-5-6(2)19-11(13-5)14-9(17)8-7(12)10(18-4)16(3)15-8/h1-4H3,(H,13,14,17). The average molecular weight is 345 g/mol. The van der Waals surface area contributed by atoms with Crippen LogP contribution in [-0.2, 0) is 7.05 Å². The van der Waals surface area contributed by atoms with E-state index in [0.29, 0.717) is 15.5 Å². The second-order valence-electron chi connectivity index (χ2n) is 3.91. The maximum absolute atomic E-state index is 12.1. The first-order valence-electron chi connectivity index (χ1n) is 5.46. The lowest BCUT2D eigenvalue weighted by molar-refractivity contribution is 0.102.